The second-order valence-corrected chi connectivity index (χ2v) is 1.58. The van der Waals surface area contributed by atoms with Gasteiger partial charge in [-0.05, 0) is 25.0 Å². The molecule has 0 unspecified atom stereocenters. The van der Waals surface area contributed by atoms with Crippen molar-refractivity contribution in [3.05, 3.63) is 30.0 Å². The van der Waals surface area contributed by atoms with Gasteiger partial charge in [-0.15, -0.1) is 5.73 Å². The molecule has 0 N–H and O–H groups in total. The molecule has 0 aromatic rings. The topological polar surface area (TPSA) is 0 Å². The van der Waals surface area contributed by atoms with Gasteiger partial charge in [0.1, 0.15) is 0 Å². The summed E-state index contributed by atoms with van der Waals surface area (Å²) in [5.41, 5.74) is 4.81. The Kier molecular flexibility index (Phi) is 2.18. The van der Waals surface area contributed by atoms with Gasteiger partial charge in [-0.25, -0.2) is 0 Å². The number of rotatable bonds is 1. The Hall–Kier alpha value is -0.740. The quantitative estimate of drug-likeness (QED) is 0.345. The summed E-state index contributed by atoms with van der Waals surface area (Å²) in [6, 6.07) is 0. The average Bonchev–Trinajstić information content (AvgIpc) is 1.65. The SMILES string of the molecule is C=C=C(C)C(=C)C. The fourth-order valence-corrected chi connectivity index (χ4v) is 0.151. The predicted molar refractivity (Wildman–Crippen MR) is 33.1 cm³/mol. The second-order valence-electron chi connectivity index (χ2n) is 1.58. The van der Waals surface area contributed by atoms with E-state index in [-0.39, 0.29) is 0 Å². The highest BCUT2D eigenvalue weighted by Gasteiger charge is 1.80. The minimum absolute atomic E-state index is 1.04. The van der Waals surface area contributed by atoms with Gasteiger partial charge >= 0.3 is 0 Å². The van der Waals surface area contributed by atoms with Gasteiger partial charge in [0.05, 0.1) is 0 Å². The lowest BCUT2D eigenvalue weighted by Gasteiger charge is -1.88. The van der Waals surface area contributed by atoms with E-state index in [4.69, 9.17) is 0 Å². The van der Waals surface area contributed by atoms with E-state index in [1.807, 2.05) is 13.8 Å². The van der Waals surface area contributed by atoms with Gasteiger partial charge in [-0.3, -0.25) is 0 Å². The molecule has 0 nitrogen and oxygen atoms in total. The molecule has 0 aliphatic heterocycles. The Morgan fingerprint density at radius 1 is 1.43 bits per heavy atom. The molecule has 0 aliphatic rings. The molecule has 0 saturated carbocycles. The van der Waals surface area contributed by atoms with Crippen molar-refractivity contribution in [2.24, 2.45) is 0 Å². The molecule has 7 heavy (non-hydrogen) atoms. The summed E-state index contributed by atoms with van der Waals surface area (Å²) >= 11 is 0. The molecule has 0 atom stereocenters. The van der Waals surface area contributed by atoms with Crippen molar-refractivity contribution in [3.63, 3.8) is 0 Å². The maximum atomic E-state index is 3.69. The molecule has 0 radical (unpaired) electrons. The van der Waals surface area contributed by atoms with Crippen LogP contribution in [0, 0.1) is 0 Å². The third-order valence-corrected chi connectivity index (χ3v) is 0.905. The summed E-state index contributed by atoms with van der Waals surface area (Å²) in [6.07, 6.45) is 0. The summed E-state index contributed by atoms with van der Waals surface area (Å²) in [4.78, 5) is 0. The van der Waals surface area contributed by atoms with Gasteiger partial charge in [0, 0.05) is 0 Å². The van der Waals surface area contributed by atoms with E-state index in [1.165, 1.54) is 0 Å². The van der Waals surface area contributed by atoms with Crippen LogP contribution in [0.15, 0.2) is 30.0 Å². The largest absolute Gasteiger partial charge is 0.125 e. The highest BCUT2D eigenvalue weighted by atomic mass is 13.9. The van der Waals surface area contributed by atoms with Crippen LogP contribution in [-0.2, 0) is 0 Å². The van der Waals surface area contributed by atoms with Crippen LogP contribution < -0.4 is 0 Å². The predicted octanol–water partition coefficient (Wildman–Crippen LogP) is 2.29. The van der Waals surface area contributed by atoms with Crippen molar-refractivity contribution in [2.75, 3.05) is 0 Å². The van der Waals surface area contributed by atoms with Crippen LogP contribution in [0.5, 0.6) is 0 Å². The molecule has 0 aromatic heterocycles. The van der Waals surface area contributed by atoms with Crippen molar-refractivity contribution in [2.45, 2.75) is 13.8 Å². The maximum Gasteiger partial charge on any atom is -0.00743 e. The van der Waals surface area contributed by atoms with Gasteiger partial charge in [0.2, 0.25) is 0 Å². The Morgan fingerprint density at radius 3 is 1.86 bits per heavy atom. The fraction of sp³-hybridized carbons (Fsp3) is 0.286. The first-order valence-electron chi connectivity index (χ1n) is 2.21. The van der Waals surface area contributed by atoms with Crippen LogP contribution in [0.2, 0.25) is 0 Å². The lowest BCUT2D eigenvalue weighted by atomic mass is 10.2. The number of hydrogen-bond acceptors (Lipinski definition) is 0. The van der Waals surface area contributed by atoms with Crippen molar-refractivity contribution in [1.82, 2.24) is 0 Å². The second kappa shape index (κ2) is 2.44. The summed E-state index contributed by atoms with van der Waals surface area (Å²) in [5, 5.41) is 0. The summed E-state index contributed by atoms with van der Waals surface area (Å²) in [7, 11) is 0. The molecule has 0 spiro atoms. The van der Waals surface area contributed by atoms with E-state index < -0.39 is 0 Å². The van der Waals surface area contributed by atoms with Crippen molar-refractivity contribution in [1.29, 1.82) is 0 Å². The van der Waals surface area contributed by atoms with Crippen molar-refractivity contribution in [3.8, 4) is 0 Å². The zero-order valence-corrected chi connectivity index (χ0v) is 4.91. The smallest absolute Gasteiger partial charge is 0.00743 e. The molecule has 0 amide bonds. The van der Waals surface area contributed by atoms with Crippen molar-refractivity contribution < 1.29 is 0 Å². The van der Waals surface area contributed by atoms with Gasteiger partial charge in [-0.1, -0.05) is 13.2 Å². The first kappa shape index (κ1) is 6.26. The highest BCUT2D eigenvalue weighted by molar-refractivity contribution is 5.21. The Bertz CT molecular complexity index is 123. The fourth-order valence-electron chi connectivity index (χ4n) is 0.151. The molecule has 38 valence electrons. The first-order valence-corrected chi connectivity index (χ1v) is 2.21. The van der Waals surface area contributed by atoms with Crippen LogP contribution in [0.1, 0.15) is 13.8 Å². The van der Waals surface area contributed by atoms with Gasteiger partial charge in [-0.2, -0.15) is 0 Å². The number of hydrogen-bond donors (Lipinski definition) is 0. The van der Waals surface area contributed by atoms with E-state index in [2.05, 4.69) is 18.9 Å². The van der Waals surface area contributed by atoms with Crippen molar-refractivity contribution >= 4 is 0 Å². The standard InChI is InChI=1S/C7H10/c1-5-7(4)6(2)3/h1-2H2,3-4H3. The molecular formula is C7H10. The van der Waals surface area contributed by atoms with Crippen LogP contribution >= 0.6 is 0 Å². The monoisotopic (exact) mass is 94.1 g/mol. The minimum atomic E-state index is 1.04. The molecule has 0 bridgehead atoms. The zero-order valence-electron chi connectivity index (χ0n) is 4.91. The molecule has 0 aromatic carbocycles. The van der Waals surface area contributed by atoms with Gasteiger partial charge < -0.3 is 0 Å². The summed E-state index contributed by atoms with van der Waals surface area (Å²) in [5.74, 6) is 0. The van der Waals surface area contributed by atoms with Gasteiger partial charge in [0.15, 0.2) is 0 Å². The van der Waals surface area contributed by atoms with E-state index >= 15 is 0 Å². The van der Waals surface area contributed by atoms with Crippen LogP contribution in [-0.4, -0.2) is 0 Å². The third-order valence-electron chi connectivity index (χ3n) is 0.905. The Morgan fingerprint density at radius 2 is 1.86 bits per heavy atom. The summed E-state index contributed by atoms with van der Waals surface area (Å²) in [6.45, 7) is 11.0. The first-order chi connectivity index (χ1) is 3.18. The zero-order chi connectivity index (χ0) is 5.86. The normalized spacial score (nSPS) is 7.14. The molecule has 0 heteroatoms. The van der Waals surface area contributed by atoms with E-state index in [9.17, 15) is 0 Å². The summed E-state index contributed by atoms with van der Waals surface area (Å²) < 4.78 is 0. The molecular weight excluding hydrogens is 84.1 g/mol. The molecule has 0 rings (SSSR count). The third kappa shape index (κ3) is 2.02. The highest BCUT2D eigenvalue weighted by Crippen LogP contribution is 1.99. The van der Waals surface area contributed by atoms with E-state index in [0.717, 1.165) is 11.1 Å². The van der Waals surface area contributed by atoms with Crippen LogP contribution in [0.3, 0.4) is 0 Å². The molecule has 0 aliphatic carbocycles. The minimum Gasteiger partial charge on any atom is -0.125 e. The van der Waals surface area contributed by atoms with E-state index in [1.54, 1.807) is 0 Å². The molecule has 0 fully saturated rings. The lowest BCUT2D eigenvalue weighted by molar-refractivity contribution is 1.38. The lowest BCUT2D eigenvalue weighted by Crippen LogP contribution is -1.69. The van der Waals surface area contributed by atoms with Crippen LogP contribution in [0.4, 0.5) is 0 Å². The molecule has 0 heterocycles. The average molecular weight is 94.2 g/mol. The van der Waals surface area contributed by atoms with Crippen LogP contribution in [0.25, 0.3) is 0 Å². The Balaban J connectivity index is 4.10. The Labute approximate surface area is 44.9 Å². The molecule has 0 saturated heterocycles. The maximum absolute atomic E-state index is 3.69. The number of allylic oxidation sites excluding steroid dienone is 2. The van der Waals surface area contributed by atoms with Gasteiger partial charge in [0.25, 0.3) is 0 Å². The van der Waals surface area contributed by atoms with E-state index in [0.29, 0.717) is 0 Å².